The van der Waals surface area contributed by atoms with Crippen LogP contribution in [0.3, 0.4) is 0 Å². The number of pyridine rings is 1. The van der Waals surface area contributed by atoms with Gasteiger partial charge in [0.05, 0.1) is 12.8 Å². The number of aromatic nitrogens is 1. The molecule has 0 aliphatic carbocycles. The van der Waals surface area contributed by atoms with Crippen molar-refractivity contribution in [3.8, 4) is 5.88 Å². The predicted molar refractivity (Wildman–Crippen MR) is 81.9 cm³/mol. The third kappa shape index (κ3) is 4.67. The Labute approximate surface area is 121 Å². The molecule has 0 amide bonds. The van der Waals surface area contributed by atoms with Crippen LogP contribution in [0, 0.1) is 0 Å². The Hall–Kier alpha value is -1.87. The molecule has 1 heterocycles. The molecule has 0 bridgehead atoms. The van der Waals surface area contributed by atoms with Crippen LogP contribution in [0.2, 0.25) is 0 Å². The molecule has 2 aromatic rings. The van der Waals surface area contributed by atoms with Gasteiger partial charge in [-0.25, -0.2) is 4.98 Å². The van der Waals surface area contributed by atoms with Gasteiger partial charge in [0, 0.05) is 18.7 Å². The maximum atomic E-state index is 5.13. The first kappa shape index (κ1) is 14.5. The molecule has 1 N–H and O–H groups in total. The van der Waals surface area contributed by atoms with E-state index in [-0.39, 0.29) is 0 Å². The van der Waals surface area contributed by atoms with Crippen LogP contribution >= 0.6 is 0 Å². The van der Waals surface area contributed by atoms with Gasteiger partial charge >= 0.3 is 0 Å². The zero-order chi connectivity index (χ0) is 14.2. The van der Waals surface area contributed by atoms with Gasteiger partial charge in [-0.2, -0.15) is 0 Å². The van der Waals surface area contributed by atoms with Crippen LogP contribution in [-0.2, 0) is 13.0 Å². The molecule has 106 valence electrons. The summed E-state index contributed by atoms with van der Waals surface area (Å²) in [5.41, 5.74) is 2.40. The van der Waals surface area contributed by atoms with Crippen molar-refractivity contribution in [2.24, 2.45) is 0 Å². The maximum absolute atomic E-state index is 5.13. The van der Waals surface area contributed by atoms with Crippen molar-refractivity contribution in [1.82, 2.24) is 10.3 Å². The quantitative estimate of drug-likeness (QED) is 0.839. The van der Waals surface area contributed by atoms with Crippen LogP contribution < -0.4 is 10.1 Å². The standard InChI is InChI=1S/C17H22N2O/c1-14(11-12-15-7-4-3-5-8-15)18-13-16-9-6-10-17(19-16)20-2/h3-10,14,18H,11-13H2,1-2H3. The van der Waals surface area contributed by atoms with Gasteiger partial charge in [0.15, 0.2) is 0 Å². The molecular weight excluding hydrogens is 248 g/mol. The van der Waals surface area contributed by atoms with Crippen LogP contribution in [0.25, 0.3) is 0 Å². The Kier molecular flexibility index (Phi) is 5.56. The Morgan fingerprint density at radius 2 is 1.90 bits per heavy atom. The zero-order valence-electron chi connectivity index (χ0n) is 12.2. The van der Waals surface area contributed by atoms with E-state index in [0.29, 0.717) is 11.9 Å². The summed E-state index contributed by atoms with van der Waals surface area (Å²) < 4.78 is 5.13. The van der Waals surface area contributed by atoms with Crippen molar-refractivity contribution in [1.29, 1.82) is 0 Å². The number of methoxy groups -OCH3 is 1. The van der Waals surface area contributed by atoms with E-state index in [4.69, 9.17) is 4.74 Å². The summed E-state index contributed by atoms with van der Waals surface area (Å²) in [6.07, 6.45) is 2.22. The van der Waals surface area contributed by atoms with E-state index in [1.54, 1.807) is 7.11 Å². The number of benzene rings is 1. The van der Waals surface area contributed by atoms with Gasteiger partial charge in [-0.1, -0.05) is 36.4 Å². The highest BCUT2D eigenvalue weighted by molar-refractivity contribution is 5.16. The first-order valence-corrected chi connectivity index (χ1v) is 7.05. The molecule has 1 aromatic heterocycles. The third-order valence-electron chi connectivity index (χ3n) is 3.33. The average Bonchev–Trinajstić information content (AvgIpc) is 2.52. The molecule has 0 aliphatic heterocycles. The number of nitrogens with one attached hydrogen (secondary N) is 1. The van der Waals surface area contributed by atoms with Gasteiger partial charge in [0.1, 0.15) is 0 Å². The van der Waals surface area contributed by atoms with Crippen LogP contribution in [0.5, 0.6) is 5.88 Å². The first-order chi connectivity index (χ1) is 9.78. The number of ether oxygens (including phenoxy) is 1. The molecule has 0 fully saturated rings. The summed E-state index contributed by atoms with van der Waals surface area (Å²) in [6, 6.07) is 16.9. The fourth-order valence-corrected chi connectivity index (χ4v) is 2.08. The summed E-state index contributed by atoms with van der Waals surface area (Å²) in [4.78, 5) is 4.40. The number of aryl methyl sites for hydroxylation is 1. The summed E-state index contributed by atoms with van der Waals surface area (Å²) in [7, 11) is 1.64. The molecule has 0 spiro atoms. The summed E-state index contributed by atoms with van der Waals surface area (Å²) in [6.45, 7) is 2.98. The van der Waals surface area contributed by atoms with Gasteiger partial charge in [0.2, 0.25) is 5.88 Å². The summed E-state index contributed by atoms with van der Waals surface area (Å²) in [5.74, 6) is 0.668. The van der Waals surface area contributed by atoms with Crippen LogP contribution in [0.1, 0.15) is 24.6 Å². The molecule has 1 atom stereocenters. The predicted octanol–water partition coefficient (Wildman–Crippen LogP) is 3.20. The largest absolute Gasteiger partial charge is 0.481 e. The molecule has 3 heteroatoms. The van der Waals surface area contributed by atoms with Gasteiger partial charge in [0.25, 0.3) is 0 Å². The fourth-order valence-electron chi connectivity index (χ4n) is 2.08. The van der Waals surface area contributed by atoms with Crippen molar-refractivity contribution in [3.63, 3.8) is 0 Å². The van der Waals surface area contributed by atoms with E-state index in [0.717, 1.165) is 25.1 Å². The molecule has 1 aromatic carbocycles. The monoisotopic (exact) mass is 270 g/mol. The lowest BCUT2D eigenvalue weighted by Crippen LogP contribution is -2.26. The Bertz CT molecular complexity index is 513. The van der Waals surface area contributed by atoms with Crippen LogP contribution in [0.4, 0.5) is 0 Å². The van der Waals surface area contributed by atoms with E-state index in [2.05, 4.69) is 47.6 Å². The first-order valence-electron chi connectivity index (χ1n) is 7.05. The SMILES string of the molecule is COc1cccc(CNC(C)CCc2ccccc2)n1. The Morgan fingerprint density at radius 1 is 1.10 bits per heavy atom. The topological polar surface area (TPSA) is 34.1 Å². The molecule has 0 saturated carbocycles. The van der Waals surface area contributed by atoms with Crippen molar-refractivity contribution in [2.45, 2.75) is 32.4 Å². The van der Waals surface area contributed by atoms with Crippen LogP contribution in [-0.4, -0.2) is 18.1 Å². The molecule has 0 aliphatic rings. The van der Waals surface area contributed by atoms with Gasteiger partial charge in [-0.05, 0) is 31.4 Å². The molecule has 3 nitrogen and oxygen atoms in total. The normalized spacial score (nSPS) is 12.1. The second kappa shape index (κ2) is 7.65. The van der Waals surface area contributed by atoms with E-state index in [9.17, 15) is 0 Å². The summed E-state index contributed by atoms with van der Waals surface area (Å²) in [5, 5.41) is 3.50. The molecule has 0 saturated heterocycles. The number of hydrogen-bond acceptors (Lipinski definition) is 3. The lowest BCUT2D eigenvalue weighted by Gasteiger charge is -2.13. The smallest absolute Gasteiger partial charge is 0.213 e. The number of hydrogen-bond donors (Lipinski definition) is 1. The van der Waals surface area contributed by atoms with Crippen molar-refractivity contribution in [3.05, 3.63) is 59.8 Å². The van der Waals surface area contributed by atoms with Gasteiger partial charge in [-0.3, -0.25) is 0 Å². The second-order valence-electron chi connectivity index (χ2n) is 4.98. The Balaban J connectivity index is 1.75. The highest BCUT2D eigenvalue weighted by Crippen LogP contribution is 2.08. The lowest BCUT2D eigenvalue weighted by atomic mass is 10.1. The molecule has 20 heavy (non-hydrogen) atoms. The van der Waals surface area contributed by atoms with Crippen LogP contribution in [0.15, 0.2) is 48.5 Å². The molecule has 2 rings (SSSR count). The van der Waals surface area contributed by atoms with E-state index < -0.39 is 0 Å². The van der Waals surface area contributed by atoms with Gasteiger partial charge < -0.3 is 10.1 Å². The minimum Gasteiger partial charge on any atom is -0.481 e. The van der Waals surface area contributed by atoms with Crippen molar-refractivity contribution < 1.29 is 4.74 Å². The number of rotatable bonds is 7. The number of nitrogens with zero attached hydrogens (tertiary/aromatic N) is 1. The minimum absolute atomic E-state index is 0.461. The highest BCUT2D eigenvalue weighted by Gasteiger charge is 2.03. The molecule has 0 radical (unpaired) electrons. The highest BCUT2D eigenvalue weighted by atomic mass is 16.5. The van der Waals surface area contributed by atoms with E-state index >= 15 is 0 Å². The van der Waals surface area contributed by atoms with E-state index in [1.165, 1.54) is 5.56 Å². The van der Waals surface area contributed by atoms with Gasteiger partial charge in [-0.15, -0.1) is 0 Å². The molecular formula is C17H22N2O. The fraction of sp³-hybridized carbons (Fsp3) is 0.353. The third-order valence-corrected chi connectivity index (χ3v) is 3.33. The molecule has 1 unspecified atom stereocenters. The lowest BCUT2D eigenvalue weighted by molar-refractivity contribution is 0.394. The minimum atomic E-state index is 0.461. The van der Waals surface area contributed by atoms with Crippen molar-refractivity contribution in [2.75, 3.05) is 7.11 Å². The maximum Gasteiger partial charge on any atom is 0.213 e. The zero-order valence-corrected chi connectivity index (χ0v) is 12.2. The Morgan fingerprint density at radius 3 is 2.65 bits per heavy atom. The summed E-state index contributed by atoms with van der Waals surface area (Å²) >= 11 is 0. The second-order valence-corrected chi connectivity index (χ2v) is 4.98. The van der Waals surface area contributed by atoms with Crippen molar-refractivity contribution >= 4 is 0 Å². The van der Waals surface area contributed by atoms with E-state index in [1.807, 2.05) is 18.2 Å². The average molecular weight is 270 g/mol.